The van der Waals surface area contributed by atoms with Crippen molar-refractivity contribution in [2.45, 2.75) is 78.4 Å². The minimum Gasteiger partial charge on any atom is -0.458 e. The molecule has 4 heteroatoms. The molecule has 2 rings (SSSR count). The number of carbonyl (C=O) groups is 2. The number of hydrogen-bond acceptors (Lipinski definition) is 3. The summed E-state index contributed by atoms with van der Waals surface area (Å²) in [5.41, 5.74) is -0.0338. The van der Waals surface area contributed by atoms with Crippen LogP contribution in [0.2, 0.25) is 0 Å². The first-order valence-corrected chi connectivity index (χ1v) is 8.34. The number of amides is 1. The molecule has 2 aliphatic carbocycles. The number of rotatable bonds is 3. The molecular weight excluding hydrogens is 278 g/mol. The van der Waals surface area contributed by atoms with E-state index in [-0.39, 0.29) is 29.4 Å². The predicted octanol–water partition coefficient (Wildman–Crippen LogP) is 3.36. The van der Waals surface area contributed by atoms with Crippen LogP contribution in [0.25, 0.3) is 0 Å². The van der Waals surface area contributed by atoms with Crippen molar-refractivity contribution in [3.63, 3.8) is 0 Å². The lowest BCUT2D eigenvalue weighted by Gasteiger charge is -2.38. The van der Waals surface area contributed by atoms with Crippen LogP contribution in [0.1, 0.15) is 66.2 Å². The van der Waals surface area contributed by atoms with Gasteiger partial charge in [-0.1, -0.05) is 33.8 Å². The van der Waals surface area contributed by atoms with Crippen molar-refractivity contribution in [1.82, 2.24) is 5.32 Å². The molecule has 2 aliphatic rings. The number of esters is 1. The number of carbonyl (C=O) groups excluding carboxylic acids is 2. The molecular formula is C18H29NO3. The van der Waals surface area contributed by atoms with Crippen LogP contribution in [-0.4, -0.2) is 24.0 Å². The third-order valence-electron chi connectivity index (χ3n) is 5.16. The average molecular weight is 307 g/mol. The lowest BCUT2D eigenvalue weighted by atomic mass is 9.78. The molecule has 0 aromatic rings. The smallest absolute Gasteiger partial charge is 0.333 e. The van der Waals surface area contributed by atoms with Gasteiger partial charge in [-0.2, -0.15) is 0 Å². The fourth-order valence-electron chi connectivity index (χ4n) is 3.84. The number of ether oxygens (including phenoxy) is 1. The minimum atomic E-state index is -0.397. The zero-order valence-corrected chi connectivity index (χ0v) is 14.3. The SMILES string of the molecule is C=C(C)C(=O)O[C@@H]1CCC[C@]12CCC[C@@H]2NC(=O)C(C)(C)C. The monoisotopic (exact) mass is 307 g/mol. The van der Waals surface area contributed by atoms with E-state index < -0.39 is 5.41 Å². The van der Waals surface area contributed by atoms with E-state index in [1.54, 1.807) is 6.92 Å². The summed E-state index contributed by atoms with van der Waals surface area (Å²) in [7, 11) is 0. The van der Waals surface area contributed by atoms with Gasteiger partial charge in [0.15, 0.2) is 0 Å². The Labute approximate surface area is 133 Å². The first-order valence-electron chi connectivity index (χ1n) is 8.34. The standard InChI is InChI=1S/C18H29NO3/c1-12(2)15(20)22-14-9-7-11-18(14)10-6-8-13(18)19-16(21)17(3,4)5/h13-14H,1,6-11H2,2-5H3,(H,19,21)/t13-,14+,18-/m0/s1. The number of hydrogen-bond donors (Lipinski definition) is 1. The molecule has 0 unspecified atom stereocenters. The van der Waals surface area contributed by atoms with Gasteiger partial charge in [-0.15, -0.1) is 0 Å². The van der Waals surface area contributed by atoms with Crippen LogP contribution in [0.4, 0.5) is 0 Å². The van der Waals surface area contributed by atoms with E-state index in [1.165, 1.54) is 0 Å². The van der Waals surface area contributed by atoms with Gasteiger partial charge >= 0.3 is 5.97 Å². The highest BCUT2D eigenvalue weighted by atomic mass is 16.5. The highest BCUT2D eigenvalue weighted by molar-refractivity contribution is 5.87. The van der Waals surface area contributed by atoms with Crippen molar-refractivity contribution >= 4 is 11.9 Å². The van der Waals surface area contributed by atoms with Crippen molar-refractivity contribution in [3.8, 4) is 0 Å². The summed E-state index contributed by atoms with van der Waals surface area (Å²) in [4.78, 5) is 24.3. The maximum atomic E-state index is 12.4. The van der Waals surface area contributed by atoms with Crippen LogP contribution in [0.5, 0.6) is 0 Å². The topological polar surface area (TPSA) is 55.4 Å². The van der Waals surface area contributed by atoms with Gasteiger partial charge in [-0.25, -0.2) is 4.79 Å². The first kappa shape index (κ1) is 17.0. The van der Waals surface area contributed by atoms with E-state index in [0.717, 1.165) is 38.5 Å². The van der Waals surface area contributed by atoms with Gasteiger partial charge in [0.2, 0.25) is 5.91 Å². The largest absolute Gasteiger partial charge is 0.458 e. The van der Waals surface area contributed by atoms with E-state index in [9.17, 15) is 9.59 Å². The van der Waals surface area contributed by atoms with Crippen molar-refractivity contribution in [1.29, 1.82) is 0 Å². The predicted molar refractivity (Wildman–Crippen MR) is 86.2 cm³/mol. The Kier molecular flexibility index (Phi) is 4.69. The normalized spacial score (nSPS) is 31.3. The van der Waals surface area contributed by atoms with Crippen molar-refractivity contribution in [2.75, 3.05) is 0 Å². The van der Waals surface area contributed by atoms with Crippen molar-refractivity contribution in [3.05, 3.63) is 12.2 Å². The van der Waals surface area contributed by atoms with E-state index in [4.69, 9.17) is 4.74 Å². The molecule has 0 aromatic carbocycles. The van der Waals surface area contributed by atoms with Gasteiger partial charge in [0, 0.05) is 22.4 Å². The van der Waals surface area contributed by atoms with Gasteiger partial charge in [0.05, 0.1) is 0 Å². The molecule has 3 atom stereocenters. The van der Waals surface area contributed by atoms with Gasteiger partial charge in [-0.3, -0.25) is 4.79 Å². The molecule has 2 fully saturated rings. The Balaban J connectivity index is 2.13. The van der Waals surface area contributed by atoms with Crippen LogP contribution in [0, 0.1) is 10.8 Å². The molecule has 1 spiro atoms. The molecule has 0 aliphatic heterocycles. The summed E-state index contributed by atoms with van der Waals surface area (Å²) in [6, 6.07) is 0.115. The Morgan fingerprint density at radius 1 is 1.18 bits per heavy atom. The second kappa shape index (κ2) is 6.05. The highest BCUT2D eigenvalue weighted by Crippen LogP contribution is 2.52. The second-order valence-electron chi connectivity index (χ2n) is 7.97. The quantitative estimate of drug-likeness (QED) is 0.642. The summed E-state index contributed by atoms with van der Waals surface area (Å²) in [5, 5.41) is 3.23. The fourth-order valence-corrected chi connectivity index (χ4v) is 3.84. The van der Waals surface area contributed by atoms with E-state index >= 15 is 0 Å². The summed E-state index contributed by atoms with van der Waals surface area (Å²) in [6.45, 7) is 11.1. The summed E-state index contributed by atoms with van der Waals surface area (Å²) in [5.74, 6) is -0.227. The molecule has 4 nitrogen and oxygen atoms in total. The molecule has 1 N–H and O–H groups in total. The first-order chi connectivity index (χ1) is 10.2. The molecule has 124 valence electrons. The molecule has 0 saturated heterocycles. The van der Waals surface area contributed by atoms with Gasteiger partial charge < -0.3 is 10.1 Å². The van der Waals surface area contributed by atoms with Crippen LogP contribution in [-0.2, 0) is 14.3 Å². The maximum absolute atomic E-state index is 12.4. The third-order valence-corrected chi connectivity index (χ3v) is 5.16. The molecule has 0 heterocycles. The summed E-state index contributed by atoms with van der Waals surface area (Å²) in [6.07, 6.45) is 5.95. The molecule has 2 saturated carbocycles. The van der Waals surface area contributed by atoms with Gasteiger partial charge in [-0.05, 0) is 39.0 Å². The van der Waals surface area contributed by atoms with Crippen LogP contribution < -0.4 is 5.32 Å². The Bertz CT molecular complexity index is 473. The summed E-state index contributed by atoms with van der Waals surface area (Å²) >= 11 is 0. The van der Waals surface area contributed by atoms with E-state index in [0.29, 0.717) is 5.57 Å². The Morgan fingerprint density at radius 3 is 2.32 bits per heavy atom. The Morgan fingerprint density at radius 2 is 1.77 bits per heavy atom. The number of nitrogens with one attached hydrogen (secondary N) is 1. The third kappa shape index (κ3) is 3.21. The minimum absolute atomic E-state index is 0.0774. The van der Waals surface area contributed by atoms with Crippen molar-refractivity contribution < 1.29 is 14.3 Å². The molecule has 0 aromatic heterocycles. The van der Waals surface area contributed by atoms with Gasteiger partial charge in [0.25, 0.3) is 0 Å². The lowest BCUT2D eigenvalue weighted by molar-refractivity contribution is -0.150. The van der Waals surface area contributed by atoms with Gasteiger partial charge in [0.1, 0.15) is 6.10 Å². The lowest BCUT2D eigenvalue weighted by Crippen LogP contribution is -2.51. The van der Waals surface area contributed by atoms with Crippen LogP contribution in [0.3, 0.4) is 0 Å². The van der Waals surface area contributed by atoms with E-state index in [2.05, 4.69) is 11.9 Å². The van der Waals surface area contributed by atoms with Crippen LogP contribution >= 0.6 is 0 Å². The zero-order valence-electron chi connectivity index (χ0n) is 14.3. The highest BCUT2D eigenvalue weighted by Gasteiger charge is 2.53. The van der Waals surface area contributed by atoms with E-state index in [1.807, 2.05) is 20.8 Å². The van der Waals surface area contributed by atoms with Crippen molar-refractivity contribution in [2.24, 2.45) is 10.8 Å². The maximum Gasteiger partial charge on any atom is 0.333 e. The summed E-state index contributed by atoms with van der Waals surface area (Å²) < 4.78 is 5.72. The average Bonchev–Trinajstić information content (AvgIpc) is 2.98. The second-order valence-corrected chi connectivity index (χ2v) is 7.97. The fraction of sp³-hybridized carbons (Fsp3) is 0.778. The van der Waals surface area contributed by atoms with Crippen LogP contribution in [0.15, 0.2) is 12.2 Å². The zero-order chi connectivity index (χ0) is 16.5. The molecule has 22 heavy (non-hydrogen) atoms. The molecule has 0 radical (unpaired) electrons. The Hall–Kier alpha value is -1.32. The molecule has 1 amide bonds. The molecule has 0 bridgehead atoms.